The first-order valence-electron chi connectivity index (χ1n) is 6.64. The summed E-state index contributed by atoms with van der Waals surface area (Å²) in [6.45, 7) is 0. The molecule has 2 amide bonds. The van der Waals surface area contributed by atoms with Gasteiger partial charge in [0.1, 0.15) is 5.69 Å². The number of para-hydroxylation sites is 2. The van der Waals surface area contributed by atoms with Gasteiger partial charge < -0.3 is 10.6 Å². The Morgan fingerprint density at radius 2 is 1.58 bits per heavy atom. The second-order valence-electron chi connectivity index (χ2n) is 4.80. The van der Waals surface area contributed by atoms with E-state index in [0.29, 0.717) is 11.4 Å². The van der Waals surface area contributed by atoms with Crippen molar-refractivity contribution in [1.82, 2.24) is 0 Å². The van der Waals surface area contributed by atoms with Gasteiger partial charge in [-0.3, -0.25) is 14.8 Å². The lowest BCUT2D eigenvalue weighted by atomic mass is 10.2. The van der Waals surface area contributed by atoms with Crippen molar-refractivity contribution >= 4 is 38.8 Å². The Hall–Kier alpha value is -3.14. The Labute approximate surface area is 137 Å². The molecule has 2 aromatic rings. The van der Waals surface area contributed by atoms with Gasteiger partial charge in [0.15, 0.2) is 0 Å². The predicted octanol–water partition coefficient (Wildman–Crippen LogP) is 2.61. The molecule has 3 N–H and O–H groups in total. The van der Waals surface area contributed by atoms with Gasteiger partial charge in [-0.2, -0.15) is 0 Å². The molecule has 0 spiro atoms. The zero-order valence-electron chi connectivity index (χ0n) is 12.5. The van der Waals surface area contributed by atoms with Crippen LogP contribution >= 0.6 is 0 Å². The van der Waals surface area contributed by atoms with Crippen LogP contribution in [0.4, 0.5) is 27.5 Å². The quantitative estimate of drug-likeness (QED) is 0.563. The van der Waals surface area contributed by atoms with Crippen molar-refractivity contribution in [2.24, 2.45) is 0 Å². The van der Waals surface area contributed by atoms with Gasteiger partial charge in [0.2, 0.25) is 10.0 Å². The molecule has 0 aromatic heterocycles. The maximum Gasteiger partial charge on any atom is 0.323 e. The van der Waals surface area contributed by atoms with Gasteiger partial charge in [0, 0.05) is 17.4 Å². The summed E-state index contributed by atoms with van der Waals surface area (Å²) in [5, 5.41) is 15.8. The topological polar surface area (TPSA) is 130 Å². The van der Waals surface area contributed by atoms with Gasteiger partial charge in [-0.05, 0) is 30.3 Å². The molecule has 0 atom stereocenters. The summed E-state index contributed by atoms with van der Waals surface area (Å²) in [5.74, 6) is 0. The van der Waals surface area contributed by atoms with Gasteiger partial charge in [-0.15, -0.1) is 0 Å². The second kappa shape index (κ2) is 6.96. The number of hydrogen-bond acceptors (Lipinski definition) is 5. The predicted molar refractivity (Wildman–Crippen MR) is 90.6 cm³/mol. The van der Waals surface area contributed by atoms with Gasteiger partial charge in [-0.25, -0.2) is 13.2 Å². The largest absolute Gasteiger partial charge is 0.323 e. The summed E-state index contributed by atoms with van der Waals surface area (Å²) in [6, 6.07) is 11.0. The molecule has 0 saturated carbocycles. The van der Waals surface area contributed by atoms with E-state index in [4.69, 9.17) is 0 Å². The fourth-order valence-electron chi connectivity index (χ4n) is 1.86. The van der Waals surface area contributed by atoms with E-state index >= 15 is 0 Å². The van der Waals surface area contributed by atoms with Crippen molar-refractivity contribution in [3.8, 4) is 0 Å². The van der Waals surface area contributed by atoms with Crippen LogP contribution in [0.1, 0.15) is 0 Å². The summed E-state index contributed by atoms with van der Waals surface area (Å²) in [4.78, 5) is 22.2. The van der Waals surface area contributed by atoms with Crippen LogP contribution in [0.5, 0.6) is 0 Å². The Morgan fingerprint density at radius 1 is 1.00 bits per heavy atom. The van der Waals surface area contributed by atoms with E-state index in [1.165, 1.54) is 42.5 Å². The molecule has 0 fully saturated rings. The van der Waals surface area contributed by atoms with Crippen LogP contribution in [0.25, 0.3) is 0 Å². The van der Waals surface area contributed by atoms with E-state index in [1.54, 1.807) is 6.07 Å². The summed E-state index contributed by atoms with van der Waals surface area (Å²) >= 11 is 0. The molecular weight excluding hydrogens is 336 g/mol. The molecule has 9 nitrogen and oxygen atoms in total. The lowest BCUT2D eigenvalue weighted by molar-refractivity contribution is -0.383. The highest BCUT2D eigenvalue weighted by Gasteiger charge is 2.14. The van der Waals surface area contributed by atoms with Crippen LogP contribution in [0.15, 0.2) is 48.5 Å². The molecule has 0 radical (unpaired) electrons. The molecule has 10 heteroatoms. The van der Waals surface area contributed by atoms with Crippen molar-refractivity contribution in [2.75, 3.05) is 21.6 Å². The summed E-state index contributed by atoms with van der Waals surface area (Å²) < 4.78 is 24.5. The van der Waals surface area contributed by atoms with Gasteiger partial charge in [0.05, 0.1) is 11.2 Å². The van der Waals surface area contributed by atoms with Crippen molar-refractivity contribution in [3.05, 3.63) is 58.6 Å². The van der Waals surface area contributed by atoms with E-state index in [9.17, 15) is 23.3 Å². The van der Waals surface area contributed by atoms with Gasteiger partial charge in [0.25, 0.3) is 5.69 Å². The fraction of sp³-hybridized carbons (Fsp3) is 0.0714. The molecule has 0 saturated heterocycles. The van der Waals surface area contributed by atoms with Crippen molar-refractivity contribution in [3.63, 3.8) is 0 Å². The Kier molecular flexibility index (Phi) is 4.99. The average Bonchev–Trinajstić information content (AvgIpc) is 2.48. The third-order valence-electron chi connectivity index (χ3n) is 2.79. The molecule has 0 aliphatic carbocycles. The third kappa shape index (κ3) is 4.95. The fourth-order valence-corrected chi connectivity index (χ4v) is 2.42. The number of amides is 2. The van der Waals surface area contributed by atoms with Crippen molar-refractivity contribution in [2.45, 2.75) is 0 Å². The normalized spacial score (nSPS) is 10.7. The Morgan fingerprint density at radius 3 is 2.17 bits per heavy atom. The maximum absolute atomic E-state index is 11.9. The summed E-state index contributed by atoms with van der Waals surface area (Å²) in [5.41, 5.74) is 0.586. The SMILES string of the molecule is CS(=O)(=O)Nc1ccc(NC(=O)Nc2ccccc2[N+](=O)[O-])cc1. The maximum atomic E-state index is 11.9. The lowest BCUT2D eigenvalue weighted by Gasteiger charge is -2.09. The van der Waals surface area contributed by atoms with Crippen molar-refractivity contribution in [1.29, 1.82) is 0 Å². The number of urea groups is 1. The van der Waals surface area contributed by atoms with Crippen LogP contribution in [0.3, 0.4) is 0 Å². The third-order valence-corrected chi connectivity index (χ3v) is 3.40. The van der Waals surface area contributed by atoms with E-state index in [-0.39, 0.29) is 11.4 Å². The molecular formula is C14H14N4O5S. The van der Waals surface area contributed by atoms with Gasteiger partial charge >= 0.3 is 6.03 Å². The number of nitrogens with one attached hydrogen (secondary N) is 3. The number of carbonyl (C=O) groups is 1. The Balaban J connectivity index is 2.04. The zero-order valence-corrected chi connectivity index (χ0v) is 13.3. The molecule has 0 aliphatic heterocycles. The second-order valence-corrected chi connectivity index (χ2v) is 6.55. The molecule has 0 aliphatic rings. The van der Waals surface area contributed by atoms with Crippen LogP contribution in [0, 0.1) is 10.1 Å². The molecule has 24 heavy (non-hydrogen) atoms. The number of nitro groups is 1. The standard InChI is InChI=1S/C14H14N4O5S/c1-24(22,23)17-11-8-6-10(7-9-11)15-14(19)16-12-4-2-3-5-13(12)18(20)21/h2-9,17H,1H3,(H2,15,16,19). The van der Waals surface area contributed by atoms with Crippen LogP contribution in [-0.2, 0) is 10.0 Å². The highest BCUT2D eigenvalue weighted by Crippen LogP contribution is 2.23. The first-order valence-corrected chi connectivity index (χ1v) is 8.53. The molecule has 0 unspecified atom stereocenters. The minimum absolute atomic E-state index is 0.0652. The van der Waals surface area contributed by atoms with Crippen molar-refractivity contribution < 1.29 is 18.1 Å². The highest BCUT2D eigenvalue weighted by molar-refractivity contribution is 7.92. The molecule has 2 aromatic carbocycles. The Bertz CT molecular complexity index is 865. The molecule has 0 heterocycles. The monoisotopic (exact) mass is 350 g/mol. The van der Waals surface area contributed by atoms with Crippen LogP contribution < -0.4 is 15.4 Å². The molecule has 126 valence electrons. The van der Waals surface area contributed by atoms with E-state index in [0.717, 1.165) is 6.26 Å². The average molecular weight is 350 g/mol. The number of anilines is 3. The summed E-state index contributed by atoms with van der Waals surface area (Å²) in [7, 11) is -3.38. The smallest absolute Gasteiger partial charge is 0.308 e. The number of benzene rings is 2. The first-order chi connectivity index (χ1) is 11.2. The highest BCUT2D eigenvalue weighted by atomic mass is 32.2. The van der Waals surface area contributed by atoms with E-state index in [1.807, 2.05) is 0 Å². The summed E-state index contributed by atoms with van der Waals surface area (Å²) in [6.07, 6.45) is 1.03. The number of nitro benzene ring substituents is 1. The van der Waals surface area contributed by atoms with E-state index < -0.39 is 21.0 Å². The number of carbonyl (C=O) groups excluding carboxylic acids is 1. The van der Waals surface area contributed by atoms with Crippen LogP contribution in [0.2, 0.25) is 0 Å². The molecule has 2 rings (SSSR count). The van der Waals surface area contributed by atoms with Crippen LogP contribution in [-0.4, -0.2) is 25.6 Å². The zero-order chi connectivity index (χ0) is 17.7. The number of hydrogen-bond donors (Lipinski definition) is 3. The minimum Gasteiger partial charge on any atom is -0.308 e. The first kappa shape index (κ1) is 17.2. The lowest BCUT2D eigenvalue weighted by Crippen LogP contribution is -2.20. The minimum atomic E-state index is -3.38. The van der Waals surface area contributed by atoms with Gasteiger partial charge in [-0.1, -0.05) is 12.1 Å². The number of sulfonamides is 1. The number of nitrogens with zero attached hydrogens (tertiary/aromatic N) is 1. The number of rotatable bonds is 5. The van der Waals surface area contributed by atoms with E-state index in [2.05, 4.69) is 15.4 Å². The molecule has 0 bridgehead atoms.